The molecule has 1 heterocycles. The van der Waals surface area contributed by atoms with Crippen LogP contribution >= 0.6 is 0 Å². The number of fused-ring (bicyclic) bond motifs is 2. The van der Waals surface area contributed by atoms with Crippen LogP contribution in [0.3, 0.4) is 0 Å². The highest BCUT2D eigenvalue weighted by Gasteiger charge is 2.51. The van der Waals surface area contributed by atoms with Gasteiger partial charge in [0.25, 0.3) is 0 Å². The summed E-state index contributed by atoms with van der Waals surface area (Å²) in [5.41, 5.74) is 1.38. The number of aliphatic hydroxyl groups is 1. The van der Waals surface area contributed by atoms with Gasteiger partial charge in [0.05, 0.1) is 26.9 Å². The second-order valence-corrected chi connectivity index (χ2v) is 8.23. The normalized spacial score (nSPS) is 26.8. The Balaban J connectivity index is 1.57. The molecule has 0 spiro atoms. The first kappa shape index (κ1) is 20.0. The van der Waals surface area contributed by atoms with E-state index in [1.165, 1.54) is 6.42 Å². The molecule has 0 unspecified atom stereocenters. The lowest BCUT2D eigenvalue weighted by Crippen LogP contribution is -2.57. The molecule has 4 rings (SSSR count). The second kappa shape index (κ2) is 8.25. The molecule has 2 atom stereocenters. The summed E-state index contributed by atoms with van der Waals surface area (Å²) in [7, 11) is 5.03. The predicted octanol–water partition coefficient (Wildman–Crippen LogP) is 3.83. The average molecular weight is 398 g/mol. The molecule has 5 heteroatoms. The molecule has 2 fully saturated rings. The third kappa shape index (κ3) is 3.58. The van der Waals surface area contributed by atoms with Crippen LogP contribution in [-0.4, -0.2) is 44.4 Å². The van der Waals surface area contributed by atoms with E-state index in [4.69, 9.17) is 14.2 Å². The highest BCUT2D eigenvalue weighted by Crippen LogP contribution is 2.49. The van der Waals surface area contributed by atoms with E-state index in [-0.39, 0.29) is 11.8 Å². The van der Waals surface area contributed by atoms with Crippen LogP contribution in [0, 0.1) is 11.8 Å². The molecule has 1 saturated heterocycles. The third-order valence-corrected chi connectivity index (χ3v) is 6.74. The zero-order valence-electron chi connectivity index (χ0n) is 17.6. The fourth-order valence-electron chi connectivity index (χ4n) is 5.32. The van der Waals surface area contributed by atoms with Gasteiger partial charge in [-0.2, -0.15) is 0 Å². The van der Waals surface area contributed by atoms with Gasteiger partial charge in [-0.15, -0.1) is 0 Å². The van der Waals surface area contributed by atoms with Gasteiger partial charge in [-0.05, 0) is 36.6 Å². The van der Waals surface area contributed by atoms with Crippen LogP contribution < -0.4 is 14.2 Å². The van der Waals surface area contributed by atoms with Gasteiger partial charge in [0, 0.05) is 37.0 Å². The highest BCUT2D eigenvalue weighted by atomic mass is 16.5. The predicted molar refractivity (Wildman–Crippen MR) is 113 cm³/mol. The topological polar surface area (TPSA) is 51.2 Å². The molecule has 2 aromatic rings. The Morgan fingerprint density at radius 2 is 1.62 bits per heavy atom. The number of para-hydroxylation sites is 1. The summed E-state index contributed by atoms with van der Waals surface area (Å²) >= 11 is 0. The van der Waals surface area contributed by atoms with Gasteiger partial charge in [0.2, 0.25) is 0 Å². The molecule has 0 radical (unpaired) electrons. The summed E-state index contributed by atoms with van der Waals surface area (Å²) in [6, 6.07) is 14.0. The van der Waals surface area contributed by atoms with Crippen molar-refractivity contribution < 1.29 is 19.3 Å². The molecule has 29 heavy (non-hydrogen) atoms. The van der Waals surface area contributed by atoms with Crippen molar-refractivity contribution in [3.63, 3.8) is 0 Å². The number of benzene rings is 2. The van der Waals surface area contributed by atoms with Crippen LogP contribution in [0.15, 0.2) is 42.5 Å². The lowest BCUT2D eigenvalue weighted by atomic mass is 9.62. The molecular formula is C24H31NO4. The lowest BCUT2D eigenvalue weighted by molar-refractivity contribution is -0.148. The fraction of sp³-hybridized carbons (Fsp3) is 0.500. The van der Waals surface area contributed by atoms with Crippen molar-refractivity contribution >= 4 is 0 Å². The molecule has 2 bridgehead atoms. The van der Waals surface area contributed by atoms with Crippen molar-refractivity contribution in [2.75, 3.05) is 34.4 Å². The van der Waals surface area contributed by atoms with E-state index in [1.54, 1.807) is 21.3 Å². The van der Waals surface area contributed by atoms with Crippen molar-refractivity contribution in [1.82, 2.24) is 4.90 Å². The molecule has 2 aromatic carbocycles. The smallest absolute Gasteiger partial charge is 0.165 e. The van der Waals surface area contributed by atoms with E-state index >= 15 is 0 Å². The minimum atomic E-state index is -0.764. The number of hydrogen-bond acceptors (Lipinski definition) is 5. The Morgan fingerprint density at radius 1 is 0.931 bits per heavy atom. The van der Waals surface area contributed by atoms with E-state index in [0.717, 1.165) is 60.9 Å². The van der Waals surface area contributed by atoms with Crippen molar-refractivity contribution in [2.24, 2.45) is 11.8 Å². The first-order valence-corrected chi connectivity index (χ1v) is 10.4. The molecule has 1 aliphatic heterocycles. The second-order valence-electron chi connectivity index (χ2n) is 8.23. The van der Waals surface area contributed by atoms with Crippen molar-refractivity contribution in [3.8, 4) is 17.2 Å². The average Bonchev–Trinajstić information content (AvgIpc) is 2.74. The first-order valence-electron chi connectivity index (χ1n) is 10.4. The largest absolute Gasteiger partial charge is 0.497 e. The molecule has 156 valence electrons. The SMILES string of the molecule is COc1ccc(C2(O)[C@@H]3CCC[C@@H]2CN(Cc2cccc(OC)c2OC)C3)cc1. The Labute approximate surface area is 173 Å². The quantitative estimate of drug-likeness (QED) is 0.803. The first-order chi connectivity index (χ1) is 14.1. The molecule has 0 amide bonds. The molecule has 1 saturated carbocycles. The summed E-state index contributed by atoms with van der Waals surface area (Å²) in [6.45, 7) is 2.55. The van der Waals surface area contributed by atoms with Crippen LogP contribution in [0.25, 0.3) is 0 Å². The minimum Gasteiger partial charge on any atom is -0.497 e. The molecule has 1 N–H and O–H groups in total. The summed E-state index contributed by atoms with van der Waals surface area (Å²) in [4.78, 5) is 2.46. The Bertz CT molecular complexity index is 821. The Morgan fingerprint density at radius 3 is 2.21 bits per heavy atom. The maximum Gasteiger partial charge on any atom is 0.165 e. The Hall–Kier alpha value is -2.24. The summed E-state index contributed by atoms with van der Waals surface area (Å²) in [5, 5.41) is 11.8. The van der Waals surface area contributed by atoms with E-state index in [0.29, 0.717) is 0 Å². The summed E-state index contributed by atoms with van der Waals surface area (Å²) < 4.78 is 16.4. The van der Waals surface area contributed by atoms with Gasteiger partial charge in [0.1, 0.15) is 5.75 Å². The minimum absolute atomic E-state index is 0.222. The highest BCUT2D eigenvalue weighted by molar-refractivity contribution is 5.46. The molecule has 5 nitrogen and oxygen atoms in total. The van der Waals surface area contributed by atoms with Gasteiger partial charge < -0.3 is 19.3 Å². The van der Waals surface area contributed by atoms with Crippen molar-refractivity contribution in [3.05, 3.63) is 53.6 Å². The van der Waals surface area contributed by atoms with E-state index < -0.39 is 5.60 Å². The van der Waals surface area contributed by atoms with Crippen molar-refractivity contribution in [2.45, 2.75) is 31.4 Å². The third-order valence-electron chi connectivity index (χ3n) is 6.74. The van der Waals surface area contributed by atoms with Crippen LogP contribution in [0.1, 0.15) is 30.4 Å². The van der Waals surface area contributed by atoms with Gasteiger partial charge in [-0.1, -0.05) is 30.7 Å². The van der Waals surface area contributed by atoms with Gasteiger partial charge in [0.15, 0.2) is 11.5 Å². The van der Waals surface area contributed by atoms with Crippen LogP contribution in [0.2, 0.25) is 0 Å². The van der Waals surface area contributed by atoms with Gasteiger partial charge in [-0.25, -0.2) is 0 Å². The molecular weight excluding hydrogens is 366 g/mol. The van der Waals surface area contributed by atoms with E-state index in [1.807, 2.05) is 36.4 Å². The maximum atomic E-state index is 11.8. The fourth-order valence-corrected chi connectivity index (χ4v) is 5.32. The number of piperidine rings is 1. The monoisotopic (exact) mass is 397 g/mol. The zero-order chi connectivity index (χ0) is 20.4. The lowest BCUT2D eigenvalue weighted by Gasteiger charge is -2.53. The number of rotatable bonds is 6. The molecule has 0 aromatic heterocycles. The summed E-state index contributed by atoms with van der Waals surface area (Å²) in [6.07, 6.45) is 3.28. The number of hydrogen-bond donors (Lipinski definition) is 1. The van der Waals surface area contributed by atoms with Crippen LogP contribution in [0.4, 0.5) is 0 Å². The van der Waals surface area contributed by atoms with Crippen LogP contribution in [0.5, 0.6) is 17.2 Å². The number of methoxy groups -OCH3 is 3. The maximum absolute atomic E-state index is 11.8. The number of likely N-dealkylation sites (tertiary alicyclic amines) is 1. The molecule has 1 aliphatic carbocycles. The van der Waals surface area contributed by atoms with E-state index in [9.17, 15) is 5.11 Å². The number of nitrogens with zero attached hydrogens (tertiary/aromatic N) is 1. The standard InChI is InChI=1S/C24H31NO4/c1-27-21-12-10-18(11-13-21)24(26)19-7-5-8-20(24)16-25(15-19)14-17-6-4-9-22(28-2)23(17)29-3/h4,6,9-13,19-20,26H,5,7-8,14-16H2,1-3H3/t19-,20-/m1/s1. The van der Waals surface area contributed by atoms with Gasteiger partial charge in [-0.3, -0.25) is 4.90 Å². The number of ether oxygens (including phenoxy) is 3. The zero-order valence-corrected chi connectivity index (χ0v) is 17.6. The van der Waals surface area contributed by atoms with Crippen LogP contribution in [-0.2, 0) is 12.1 Å². The van der Waals surface area contributed by atoms with E-state index in [2.05, 4.69) is 11.0 Å². The molecule has 2 aliphatic rings. The van der Waals surface area contributed by atoms with Gasteiger partial charge >= 0.3 is 0 Å². The Kier molecular flexibility index (Phi) is 5.70. The summed E-state index contributed by atoms with van der Waals surface area (Å²) in [5.74, 6) is 2.83. The van der Waals surface area contributed by atoms with Crippen molar-refractivity contribution in [1.29, 1.82) is 0 Å².